The number of hydrogen-bond acceptors (Lipinski definition) is 21. The van der Waals surface area contributed by atoms with Crippen LogP contribution in [-0.4, -0.2) is 192 Å². The summed E-state index contributed by atoms with van der Waals surface area (Å²) in [6.07, 6.45) is 5.07. The van der Waals surface area contributed by atoms with Gasteiger partial charge in [-0.25, -0.2) is 36.2 Å². The molecule has 0 radical (unpaired) electrons. The summed E-state index contributed by atoms with van der Waals surface area (Å²) in [5.74, 6) is 1.46. The van der Waals surface area contributed by atoms with Crippen LogP contribution >= 0.6 is 0 Å². The number of nitrogens with two attached hydrogens (primary N) is 1. The largest absolute Gasteiger partial charge is 0.454 e. The molecule has 27 nitrogen and oxygen atoms in total. The Balaban J connectivity index is 0.000000213. The molecule has 1 aromatic heterocycles. The Bertz CT molecular complexity index is 3610. The first kappa shape index (κ1) is 72.6. The van der Waals surface area contributed by atoms with Gasteiger partial charge in [-0.2, -0.15) is 8.61 Å². The van der Waals surface area contributed by atoms with Gasteiger partial charge in [0.2, 0.25) is 33.6 Å². The maximum absolute atomic E-state index is 14.4. The SMILES string of the molecule is CC(C)(CCCCN)CN(C[C@@H](O)[C@H](Cc1ccccc1)NC(=O)O[C@H]1CO[C@H]2OCC[C@H]21)S(=O)(=O)c1ccc2c(c1)OCO2.CC(C)(CCCCNC(=O)n1ccnc1)CN(C[C@@H](O)[C@H](Cc1ccccc1)NC(=O)O[C@H]1CO[C@H]2OCC[C@H]21)S(=O)(=O)c1ccc2c(c1)OCO2. The molecule has 0 saturated carbocycles. The van der Waals surface area contributed by atoms with E-state index in [2.05, 4.69) is 20.9 Å². The van der Waals surface area contributed by atoms with Crippen LogP contribution in [0.4, 0.5) is 14.4 Å². The number of carbonyl (C=O) groups is 3. The second-order valence-corrected chi connectivity index (χ2v) is 30.7. The number of alkyl carbamates (subject to hydrolysis) is 2. The van der Waals surface area contributed by atoms with Gasteiger partial charge in [0.1, 0.15) is 18.5 Å². The minimum absolute atomic E-state index is 0.0106. The Labute approximate surface area is 566 Å². The van der Waals surface area contributed by atoms with Crippen molar-refractivity contribution in [2.24, 2.45) is 28.4 Å². The van der Waals surface area contributed by atoms with Crippen LogP contribution in [0.1, 0.15) is 90.2 Å². The molecular weight excluding hydrogens is 1300 g/mol. The minimum Gasteiger partial charge on any atom is -0.454 e. The predicted molar refractivity (Wildman–Crippen MR) is 352 cm³/mol. The van der Waals surface area contributed by atoms with Crippen LogP contribution in [0.5, 0.6) is 23.0 Å². The number of amides is 3. The minimum atomic E-state index is -4.19. The summed E-state index contributed by atoms with van der Waals surface area (Å²) >= 11 is 0. The molecule has 6 aliphatic heterocycles. The van der Waals surface area contributed by atoms with Crippen LogP contribution in [0.3, 0.4) is 0 Å². The van der Waals surface area contributed by atoms with Gasteiger partial charge in [0.15, 0.2) is 35.6 Å². The number of sulfonamides is 2. The number of ether oxygens (including phenoxy) is 10. The molecule has 4 fully saturated rings. The molecule has 97 heavy (non-hydrogen) atoms. The Morgan fingerprint density at radius 1 is 0.629 bits per heavy atom. The van der Waals surface area contributed by atoms with E-state index in [1.54, 1.807) is 18.3 Å². The molecular formula is C68H92N8O19S2. The first-order valence-corrected chi connectivity index (χ1v) is 36.0. The van der Waals surface area contributed by atoms with Gasteiger partial charge in [0.05, 0.1) is 72.3 Å². The zero-order valence-electron chi connectivity index (χ0n) is 55.3. The molecule has 530 valence electrons. The third-order valence-corrected chi connectivity index (χ3v) is 21.8. The Hall–Kier alpha value is -7.16. The van der Waals surface area contributed by atoms with E-state index in [0.717, 1.165) is 36.8 Å². The summed E-state index contributed by atoms with van der Waals surface area (Å²) < 4.78 is 117. The highest BCUT2D eigenvalue weighted by Crippen LogP contribution is 2.39. The van der Waals surface area contributed by atoms with Crippen molar-refractivity contribution in [1.29, 1.82) is 0 Å². The van der Waals surface area contributed by atoms with E-state index in [1.165, 1.54) is 50.0 Å². The summed E-state index contributed by atoms with van der Waals surface area (Å²) in [7, 11) is -8.29. The Kier molecular flexibility index (Phi) is 24.8. The van der Waals surface area contributed by atoms with Crippen molar-refractivity contribution in [2.45, 2.75) is 151 Å². The van der Waals surface area contributed by atoms with Gasteiger partial charge in [-0.15, -0.1) is 0 Å². The van der Waals surface area contributed by atoms with Gasteiger partial charge in [-0.1, -0.05) is 101 Å². The van der Waals surface area contributed by atoms with Crippen molar-refractivity contribution < 1.29 is 88.8 Å². The molecule has 4 saturated heterocycles. The number of nitrogens with zero attached hydrogens (tertiary/aromatic N) is 4. The average Bonchev–Trinajstić information content (AvgIpc) is 1.50. The fraction of sp³-hybridized carbons (Fsp3) is 0.559. The van der Waals surface area contributed by atoms with Crippen molar-refractivity contribution in [3.63, 3.8) is 0 Å². The number of fused-ring (bicyclic) bond motifs is 4. The van der Waals surface area contributed by atoms with Crippen LogP contribution in [0.15, 0.2) is 126 Å². The molecule has 3 amide bonds. The van der Waals surface area contributed by atoms with E-state index in [4.69, 9.17) is 53.1 Å². The van der Waals surface area contributed by atoms with Gasteiger partial charge < -0.3 is 79.3 Å². The number of aliphatic hydroxyl groups is 2. The summed E-state index contributed by atoms with van der Waals surface area (Å²) in [6, 6.07) is 25.6. The summed E-state index contributed by atoms with van der Waals surface area (Å²) in [5.41, 5.74) is 6.44. The number of benzene rings is 4. The number of carbonyl (C=O) groups excluding carboxylic acids is 3. The predicted octanol–water partition coefficient (Wildman–Crippen LogP) is 6.54. The average molecular weight is 1390 g/mol. The highest BCUT2D eigenvalue weighted by atomic mass is 32.2. The van der Waals surface area contributed by atoms with E-state index < -0.39 is 85.9 Å². The molecule has 10 atom stereocenters. The fourth-order valence-electron chi connectivity index (χ4n) is 12.8. The summed E-state index contributed by atoms with van der Waals surface area (Å²) in [5, 5.41) is 32.0. The fourth-order valence-corrected chi connectivity index (χ4v) is 16.2. The van der Waals surface area contributed by atoms with Gasteiger partial charge in [0.25, 0.3) is 0 Å². The molecule has 29 heteroatoms. The lowest BCUT2D eigenvalue weighted by atomic mass is 9.87. The number of hydrogen-bond donors (Lipinski definition) is 6. The lowest BCUT2D eigenvalue weighted by molar-refractivity contribution is -0.0909. The second kappa shape index (κ2) is 33.1. The quantitative estimate of drug-likeness (QED) is 0.0257. The van der Waals surface area contributed by atoms with Crippen LogP contribution in [-0.2, 0) is 61.3 Å². The van der Waals surface area contributed by atoms with E-state index in [0.29, 0.717) is 75.0 Å². The number of unbranched alkanes of at least 4 members (excludes halogenated alkanes) is 2. The van der Waals surface area contributed by atoms with Crippen LogP contribution in [0.2, 0.25) is 0 Å². The van der Waals surface area contributed by atoms with Crippen molar-refractivity contribution >= 4 is 38.3 Å². The number of aliphatic hydroxyl groups excluding tert-OH is 2. The third-order valence-electron chi connectivity index (χ3n) is 18.2. The number of rotatable bonds is 31. The van der Waals surface area contributed by atoms with Crippen LogP contribution in [0, 0.1) is 22.7 Å². The van der Waals surface area contributed by atoms with Crippen molar-refractivity contribution in [2.75, 3.05) is 79.3 Å². The molecule has 6 aliphatic rings. The monoisotopic (exact) mass is 1390 g/mol. The van der Waals surface area contributed by atoms with Crippen LogP contribution in [0.25, 0.3) is 0 Å². The van der Waals surface area contributed by atoms with Crippen molar-refractivity contribution in [3.8, 4) is 23.0 Å². The summed E-state index contributed by atoms with van der Waals surface area (Å²) in [4.78, 5) is 42.6. The molecule has 4 aromatic carbocycles. The number of imidazole rings is 1. The lowest BCUT2D eigenvalue weighted by Crippen LogP contribution is -2.52. The maximum atomic E-state index is 14.4. The smallest absolute Gasteiger partial charge is 0.407 e. The third kappa shape index (κ3) is 19.6. The zero-order chi connectivity index (χ0) is 68.7. The standard InChI is InChI=1S/C36H47N5O10S.C32H45N3O9S/c1-36(2,13-6-7-14-38-34(43)40-16-15-37-23-40)22-41(52(45,46)26-10-11-30-31(19-26)50-24-49-30)20-29(42)28(18-25-8-4-3-5-9-25)39-35(44)51-32-21-48-33-27(32)12-17-47-33;1-32(2,13-6-7-14-33)20-35(45(38,39)23-10-11-27-28(17-23)43-21-42-27)18-26(36)25(16-22-8-4-3-5-9-22)34-31(37)44-29-19-41-30-24(29)12-15-40-30/h3-5,8-11,15-16,19,23,27-29,32-33,42H,6-7,12-14,17-18,20-22,24H2,1-2H3,(H,38,43)(H,39,44);3-5,8-11,17,24-26,29-30,36H,6-7,12-16,18-21,33H2,1-2H3,(H,34,37)/t27-,28-,29+,32-,33+;24-,25-,26+,29-,30+/m00/s1. The Morgan fingerprint density at radius 2 is 1.08 bits per heavy atom. The van der Waals surface area contributed by atoms with Gasteiger partial charge in [-0.3, -0.25) is 4.57 Å². The van der Waals surface area contributed by atoms with Crippen molar-refractivity contribution in [3.05, 3.63) is 127 Å². The highest BCUT2D eigenvalue weighted by molar-refractivity contribution is 7.89. The number of aromatic nitrogens is 2. The second-order valence-electron chi connectivity index (χ2n) is 26.8. The van der Waals surface area contributed by atoms with Crippen molar-refractivity contribution in [1.82, 2.24) is 34.1 Å². The first-order valence-electron chi connectivity index (χ1n) is 33.1. The maximum Gasteiger partial charge on any atom is 0.407 e. The van der Waals surface area contributed by atoms with Gasteiger partial charge in [0, 0.05) is 57.3 Å². The molecule has 5 aromatic rings. The number of nitrogens with one attached hydrogen (secondary N) is 3. The molecule has 0 spiro atoms. The normalized spacial score (nSPS) is 21.5. The molecule has 0 unspecified atom stereocenters. The first-order chi connectivity index (χ1) is 46.5. The molecule has 7 N–H and O–H groups in total. The van der Waals surface area contributed by atoms with E-state index >= 15 is 0 Å². The van der Waals surface area contributed by atoms with Crippen LogP contribution < -0.4 is 40.6 Å². The zero-order valence-corrected chi connectivity index (χ0v) is 56.9. The van der Waals surface area contributed by atoms with E-state index in [1.807, 2.05) is 88.4 Å². The van der Waals surface area contributed by atoms with E-state index in [9.17, 15) is 41.4 Å². The lowest BCUT2D eigenvalue weighted by Gasteiger charge is -2.35. The molecule has 11 rings (SSSR count). The van der Waals surface area contributed by atoms with Gasteiger partial charge >= 0.3 is 18.2 Å². The Morgan fingerprint density at radius 3 is 1.53 bits per heavy atom. The van der Waals surface area contributed by atoms with E-state index in [-0.39, 0.29) is 99.8 Å². The topological polar surface area (TPSA) is 339 Å². The molecule has 0 aliphatic carbocycles. The summed E-state index contributed by atoms with van der Waals surface area (Å²) in [6.45, 7) is 10.1. The molecule has 7 heterocycles. The molecule has 0 bridgehead atoms. The van der Waals surface area contributed by atoms with Gasteiger partial charge in [-0.05, 0) is 104 Å². The highest BCUT2D eigenvalue weighted by Gasteiger charge is 2.46.